The van der Waals surface area contributed by atoms with E-state index in [0.29, 0.717) is 25.3 Å². The van der Waals surface area contributed by atoms with Gasteiger partial charge in [0, 0.05) is 50.9 Å². The van der Waals surface area contributed by atoms with Gasteiger partial charge in [0.25, 0.3) is 0 Å². The van der Waals surface area contributed by atoms with Crippen LogP contribution in [-0.2, 0) is 39.1 Å². The van der Waals surface area contributed by atoms with E-state index >= 15 is 0 Å². The zero-order valence-electron chi connectivity index (χ0n) is 19.2. The topological polar surface area (TPSA) is 105 Å². The first-order chi connectivity index (χ1) is 15.8. The summed E-state index contributed by atoms with van der Waals surface area (Å²) in [7, 11) is -3.56. The highest BCUT2D eigenvalue weighted by Crippen LogP contribution is 2.27. The minimum atomic E-state index is -3.56. The molecule has 10 heteroatoms. The molecule has 1 fully saturated rings. The summed E-state index contributed by atoms with van der Waals surface area (Å²) >= 11 is 0. The van der Waals surface area contributed by atoms with Crippen molar-refractivity contribution < 1.29 is 18.0 Å². The lowest BCUT2D eigenvalue weighted by Crippen LogP contribution is -2.32. The molecule has 1 atom stereocenters. The van der Waals surface area contributed by atoms with Crippen LogP contribution in [0, 0.1) is 5.92 Å². The van der Waals surface area contributed by atoms with E-state index in [9.17, 15) is 18.0 Å². The van der Waals surface area contributed by atoms with Gasteiger partial charge in [-0.2, -0.15) is 4.31 Å². The second-order valence-electron chi connectivity index (χ2n) is 8.51. The molecule has 2 aliphatic rings. The molecule has 1 N–H and O–H groups in total. The predicted molar refractivity (Wildman–Crippen MR) is 124 cm³/mol. The third kappa shape index (κ3) is 4.81. The summed E-state index contributed by atoms with van der Waals surface area (Å²) in [5.74, 6) is 0.303. The Balaban J connectivity index is 1.37. The summed E-state index contributed by atoms with van der Waals surface area (Å²) in [5, 5.41) is 2.92. The van der Waals surface area contributed by atoms with Crippen molar-refractivity contribution in [1.29, 1.82) is 0 Å². The highest BCUT2D eigenvalue weighted by Gasteiger charge is 2.35. The lowest BCUT2D eigenvalue weighted by atomic mass is 10.1. The van der Waals surface area contributed by atoms with Gasteiger partial charge in [-0.25, -0.2) is 13.4 Å². The lowest BCUT2D eigenvalue weighted by Gasteiger charge is -2.20. The van der Waals surface area contributed by atoms with Crippen LogP contribution in [-0.4, -0.2) is 53.7 Å². The minimum Gasteiger partial charge on any atom is -0.350 e. The van der Waals surface area contributed by atoms with E-state index in [2.05, 4.69) is 14.9 Å². The van der Waals surface area contributed by atoms with Crippen LogP contribution in [0.15, 0.2) is 35.4 Å². The number of aryl methyl sites for hydroxylation is 2. The molecular formula is C23H31N5O4S. The lowest BCUT2D eigenvalue weighted by molar-refractivity contribution is -0.126. The van der Waals surface area contributed by atoms with Crippen molar-refractivity contribution in [3.63, 3.8) is 0 Å². The number of carbonyl (C=O) groups is 2. The van der Waals surface area contributed by atoms with Crippen LogP contribution in [0.3, 0.4) is 0 Å². The molecule has 0 radical (unpaired) electrons. The Kier molecular flexibility index (Phi) is 6.85. The number of amides is 2. The van der Waals surface area contributed by atoms with Crippen LogP contribution < -0.4 is 10.2 Å². The Hall–Kier alpha value is -2.72. The number of carbonyl (C=O) groups excluding carboxylic acids is 2. The van der Waals surface area contributed by atoms with Crippen LogP contribution in [0.2, 0.25) is 0 Å². The first-order valence-corrected chi connectivity index (χ1v) is 13.0. The quantitative estimate of drug-likeness (QED) is 0.631. The average Bonchev–Trinajstić information content (AvgIpc) is 3.41. The number of nitrogens with zero attached hydrogens (tertiary/aromatic N) is 4. The Morgan fingerprint density at radius 2 is 1.91 bits per heavy atom. The van der Waals surface area contributed by atoms with Gasteiger partial charge >= 0.3 is 0 Å². The van der Waals surface area contributed by atoms with Crippen molar-refractivity contribution in [1.82, 2.24) is 19.2 Å². The number of anilines is 1. The van der Waals surface area contributed by atoms with E-state index in [-0.39, 0.29) is 29.7 Å². The largest absolute Gasteiger partial charge is 0.350 e. The molecule has 178 valence electrons. The third-order valence-corrected chi connectivity index (χ3v) is 8.45. The van der Waals surface area contributed by atoms with E-state index in [1.54, 1.807) is 30.9 Å². The number of rotatable bonds is 8. The van der Waals surface area contributed by atoms with Gasteiger partial charge in [-0.3, -0.25) is 9.59 Å². The van der Waals surface area contributed by atoms with Crippen LogP contribution >= 0.6 is 0 Å². The smallest absolute Gasteiger partial charge is 0.243 e. The zero-order chi connectivity index (χ0) is 23.6. The molecule has 0 aliphatic carbocycles. The summed E-state index contributed by atoms with van der Waals surface area (Å²) in [6.45, 7) is 5.97. The van der Waals surface area contributed by atoms with Crippen molar-refractivity contribution in [2.45, 2.75) is 57.5 Å². The standard InChI is InChI=1S/C23H31N5O4S/c1-3-27(4-2)33(31,32)20-10-8-19(9-11-20)28-15-17(13-22(28)29)23(30)24-14-18-16-26-12-6-5-7-21(26)25-18/h8-11,16-17H,3-7,12-15H2,1-2H3,(H,24,30). The van der Waals surface area contributed by atoms with Gasteiger partial charge in [0.1, 0.15) is 5.82 Å². The summed E-state index contributed by atoms with van der Waals surface area (Å²) < 4.78 is 28.9. The Morgan fingerprint density at radius 3 is 2.58 bits per heavy atom. The van der Waals surface area contributed by atoms with E-state index < -0.39 is 15.9 Å². The molecule has 9 nitrogen and oxygen atoms in total. The Bertz CT molecular complexity index is 1100. The van der Waals surface area contributed by atoms with Crippen LogP contribution in [0.25, 0.3) is 0 Å². The summed E-state index contributed by atoms with van der Waals surface area (Å²) in [5.41, 5.74) is 1.43. The Morgan fingerprint density at radius 1 is 1.18 bits per heavy atom. The highest BCUT2D eigenvalue weighted by molar-refractivity contribution is 7.89. The molecule has 3 heterocycles. The monoisotopic (exact) mass is 473 g/mol. The van der Waals surface area contributed by atoms with E-state index in [1.165, 1.54) is 16.4 Å². The van der Waals surface area contributed by atoms with Crippen LogP contribution in [0.5, 0.6) is 0 Å². The highest BCUT2D eigenvalue weighted by atomic mass is 32.2. The number of imidazole rings is 1. The second kappa shape index (κ2) is 9.64. The molecule has 0 saturated carbocycles. The van der Waals surface area contributed by atoms with Gasteiger partial charge in [0.05, 0.1) is 23.1 Å². The Labute approximate surface area is 194 Å². The second-order valence-corrected chi connectivity index (χ2v) is 10.4. The normalized spacial score (nSPS) is 18.6. The molecule has 1 saturated heterocycles. The first kappa shape index (κ1) is 23.4. The van der Waals surface area contributed by atoms with Crippen LogP contribution in [0.1, 0.15) is 44.6 Å². The number of benzene rings is 1. The summed E-state index contributed by atoms with van der Waals surface area (Å²) in [6.07, 6.45) is 5.39. The summed E-state index contributed by atoms with van der Waals surface area (Å²) in [4.78, 5) is 31.6. The fraction of sp³-hybridized carbons (Fsp3) is 0.522. The van der Waals surface area contributed by atoms with Crippen molar-refractivity contribution in [2.75, 3.05) is 24.5 Å². The van der Waals surface area contributed by atoms with Gasteiger partial charge in [0.2, 0.25) is 21.8 Å². The van der Waals surface area contributed by atoms with Crippen molar-refractivity contribution in [2.24, 2.45) is 5.92 Å². The minimum absolute atomic E-state index is 0.130. The molecule has 33 heavy (non-hydrogen) atoms. The maximum Gasteiger partial charge on any atom is 0.243 e. The molecule has 0 spiro atoms. The third-order valence-electron chi connectivity index (χ3n) is 6.39. The molecule has 2 amide bonds. The van der Waals surface area contributed by atoms with Crippen molar-refractivity contribution in [3.8, 4) is 0 Å². The number of hydrogen-bond donors (Lipinski definition) is 1. The predicted octanol–water partition coefficient (Wildman–Crippen LogP) is 1.92. The maximum atomic E-state index is 12.7. The molecule has 2 aromatic rings. The number of nitrogens with one attached hydrogen (secondary N) is 1. The molecule has 1 aromatic heterocycles. The molecule has 0 bridgehead atoms. The van der Waals surface area contributed by atoms with E-state index in [0.717, 1.165) is 37.3 Å². The number of sulfonamides is 1. The molecule has 2 aliphatic heterocycles. The molecule has 1 unspecified atom stereocenters. The van der Waals surface area contributed by atoms with Gasteiger partial charge in [-0.15, -0.1) is 0 Å². The van der Waals surface area contributed by atoms with E-state index in [4.69, 9.17) is 0 Å². The average molecular weight is 474 g/mol. The van der Waals surface area contributed by atoms with E-state index in [1.807, 2.05) is 6.20 Å². The fourth-order valence-electron chi connectivity index (χ4n) is 4.52. The van der Waals surface area contributed by atoms with Crippen LogP contribution in [0.4, 0.5) is 5.69 Å². The number of fused-ring (bicyclic) bond motifs is 1. The molecule has 4 rings (SSSR count). The maximum absolute atomic E-state index is 12.7. The molecule has 1 aromatic carbocycles. The van der Waals surface area contributed by atoms with Gasteiger partial charge < -0.3 is 14.8 Å². The zero-order valence-corrected chi connectivity index (χ0v) is 20.0. The fourth-order valence-corrected chi connectivity index (χ4v) is 5.98. The SMILES string of the molecule is CCN(CC)S(=O)(=O)c1ccc(N2CC(C(=O)NCc3cn4c(n3)CCCC4)CC2=O)cc1. The molecular weight excluding hydrogens is 442 g/mol. The number of aromatic nitrogens is 2. The first-order valence-electron chi connectivity index (χ1n) is 11.6. The summed E-state index contributed by atoms with van der Waals surface area (Å²) in [6, 6.07) is 6.29. The van der Waals surface area contributed by atoms with Gasteiger partial charge in [-0.05, 0) is 37.1 Å². The number of hydrogen-bond acceptors (Lipinski definition) is 5. The van der Waals surface area contributed by atoms with Gasteiger partial charge in [-0.1, -0.05) is 13.8 Å². The van der Waals surface area contributed by atoms with Gasteiger partial charge in [0.15, 0.2) is 0 Å². The van der Waals surface area contributed by atoms with Crippen molar-refractivity contribution in [3.05, 3.63) is 42.0 Å². The van der Waals surface area contributed by atoms with Crippen molar-refractivity contribution >= 4 is 27.5 Å².